The smallest absolute Gasteiger partial charge is 0.189 e. The molecule has 1 aliphatic rings. The van der Waals surface area contributed by atoms with Crippen LogP contribution in [0.1, 0.15) is 37.3 Å². The van der Waals surface area contributed by atoms with Gasteiger partial charge < -0.3 is 4.98 Å². The van der Waals surface area contributed by atoms with Gasteiger partial charge in [-0.3, -0.25) is 4.79 Å². The lowest BCUT2D eigenvalue weighted by molar-refractivity contribution is 0.621. The molecular weight excluding hydrogens is 344 g/mol. The SMILES string of the molecule is O=c1cc(C2CCCC2)[nH]c2c(I)c(F)ccc12. The maximum absolute atomic E-state index is 13.6. The van der Waals surface area contributed by atoms with E-state index in [1.54, 1.807) is 12.1 Å². The molecule has 1 heterocycles. The standard InChI is InChI=1S/C14H13FINO/c15-10-6-5-9-12(18)7-11(8-3-1-2-4-8)17-14(9)13(10)16/h5-8H,1-4H2,(H,17,18). The summed E-state index contributed by atoms with van der Waals surface area (Å²) in [5, 5.41) is 0.572. The van der Waals surface area contributed by atoms with Crippen LogP contribution in [0.2, 0.25) is 0 Å². The maximum atomic E-state index is 13.6. The molecular formula is C14H13FINO. The Hall–Kier alpha value is -0.910. The van der Waals surface area contributed by atoms with Crippen LogP contribution in [0, 0.1) is 9.39 Å². The number of rotatable bonds is 1. The van der Waals surface area contributed by atoms with Crippen LogP contribution >= 0.6 is 22.6 Å². The molecule has 94 valence electrons. The Bertz CT molecular complexity index is 659. The predicted octanol–water partition coefficient (Wildman–Crippen LogP) is 3.93. The second kappa shape index (κ2) is 4.64. The second-order valence-electron chi connectivity index (χ2n) is 4.85. The monoisotopic (exact) mass is 357 g/mol. The Morgan fingerprint density at radius 1 is 1.28 bits per heavy atom. The molecule has 3 rings (SSSR count). The fourth-order valence-electron chi connectivity index (χ4n) is 2.73. The molecule has 2 nitrogen and oxygen atoms in total. The lowest BCUT2D eigenvalue weighted by Crippen LogP contribution is -2.09. The van der Waals surface area contributed by atoms with E-state index >= 15 is 0 Å². The van der Waals surface area contributed by atoms with Gasteiger partial charge in [-0.05, 0) is 53.5 Å². The van der Waals surface area contributed by atoms with E-state index in [1.165, 1.54) is 18.9 Å². The molecule has 1 N–H and O–H groups in total. The molecule has 0 aliphatic heterocycles. The Morgan fingerprint density at radius 3 is 2.72 bits per heavy atom. The third-order valence-corrected chi connectivity index (χ3v) is 4.77. The fourth-order valence-corrected chi connectivity index (χ4v) is 3.34. The van der Waals surface area contributed by atoms with E-state index in [4.69, 9.17) is 0 Å². The molecule has 1 fully saturated rings. The minimum Gasteiger partial charge on any atom is -0.357 e. The van der Waals surface area contributed by atoms with Crippen molar-refractivity contribution in [3.63, 3.8) is 0 Å². The predicted molar refractivity (Wildman–Crippen MR) is 78.5 cm³/mol. The molecule has 0 saturated heterocycles. The van der Waals surface area contributed by atoms with Crippen molar-refractivity contribution in [1.82, 2.24) is 4.98 Å². The van der Waals surface area contributed by atoms with Crippen LogP contribution in [-0.2, 0) is 0 Å². The molecule has 4 heteroatoms. The van der Waals surface area contributed by atoms with Gasteiger partial charge in [-0.15, -0.1) is 0 Å². The molecule has 0 spiro atoms. The lowest BCUT2D eigenvalue weighted by Gasteiger charge is -2.11. The minimum atomic E-state index is -0.276. The van der Waals surface area contributed by atoms with Crippen molar-refractivity contribution in [3.05, 3.63) is 43.5 Å². The van der Waals surface area contributed by atoms with Gasteiger partial charge in [-0.1, -0.05) is 12.8 Å². The molecule has 0 radical (unpaired) electrons. The number of pyridine rings is 1. The van der Waals surface area contributed by atoms with Gasteiger partial charge in [0, 0.05) is 17.1 Å². The number of aromatic nitrogens is 1. The summed E-state index contributed by atoms with van der Waals surface area (Å²) in [5.74, 6) is 0.156. The van der Waals surface area contributed by atoms with Crippen molar-refractivity contribution in [1.29, 1.82) is 0 Å². The largest absolute Gasteiger partial charge is 0.357 e. The zero-order valence-corrected chi connectivity index (χ0v) is 12.0. The molecule has 0 atom stereocenters. The highest BCUT2D eigenvalue weighted by Crippen LogP contribution is 2.33. The highest BCUT2D eigenvalue weighted by atomic mass is 127. The van der Waals surface area contributed by atoms with Gasteiger partial charge in [0.1, 0.15) is 5.82 Å². The van der Waals surface area contributed by atoms with Gasteiger partial charge >= 0.3 is 0 Å². The fraction of sp³-hybridized carbons (Fsp3) is 0.357. The van der Waals surface area contributed by atoms with Crippen LogP contribution < -0.4 is 5.43 Å². The first-order valence-electron chi connectivity index (χ1n) is 6.18. The summed E-state index contributed by atoms with van der Waals surface area (Å²) < 4.78 is 14.1. The maximum Gasteiger partial charge on any atom is 0.189 e. The summed E-state index contributed by atoms with van der Waals surface area (Å²) in [5.41, 5.74) is 1.60. The van der Waals surface area contributed by atoms with E-state index in [-0.39, 0.29) is 11.2 Å². The molecule has 1 saturated carbocycles. The van der Waals surface area contributed by atoms with Crippen molar-refractivity contribution in [2.75, 3.05) is 0 Å². The zero-order chi connectivity index (χ0) is 12.7. The Morgan fingerprint density at radius 2 is 2.00 bits per heavy atom. The number of halogens is 2. The number of H-pyrrole nitrogens is 1. The quantitative estimate of drug-likeness (QED) is 0.771. The third kappa shape index (κ3) is 1.96. The Kier molecular flexibility index (Phi) is 3.13. The Balaban J connectivity index is 2.24. The minimum absolute atomic E-state index is 0.0106. The summed E-state index contributed by atoms with van der Waals surface area (Å²) in [6, 6.07) is 4.60. The van der Waals surface area contributed by atoms with Gasteiger partial charge in [0.2, 0.25) is 0 Å². The van der Waals surface area contributed by atoms with Crippen molar-refractivity contribution < 1.29 is 4.39 Å². The van der Waals surface area contributed by atoms with Crippen molar-refractivity contribution >= 4 is 33.5 Å². The molecule has 0 bridgehead atoms. The van der Waals surface area contributed by atoms with E-state index < -0.39 is 0 Å². The van der Waals surface area contributed by atoms with E-state index in [9.17, 15) is 9.18 Å². The molecule has 18 heavy (non-hydrogen) atoms. The summed E-state index contributed by atoms with van der Waals surface area (Å²) in [6.45, 7) is 0. The van der Waals surface area contributed by atoms with Crippen LogP contribution in [-0.4, -0.2) is 4.98 Å². The number of aromatic amines is 1. The average Bonchev–Trinajstić information content (AvgIpc) is 2.88. The van der Waals surface area contributed by atoms with Gasteiger partial charge in [0.05, 0.1) is 9.09 Å². The first-order chi connectivity index (χ1) is 8.66. The van der Waals surface area contributed by atoms with E-state index in [1.807, 2.05) is 22.6 Å². The van der Waals surface area contributed by atoms with Crippen LogP contribution in [0.25, 0.3) is 10.9 Å². The topological polar surface area (TPSA) is 32.9 Å². The van der Waals surface area contributed by atoms with Gasteiger partial charge in [-0.2, -0.15) is 0 Å². The molecule has 1 aliphatic carbocycles. The Labute approximate surface area is 118 Å². The lowest BCUT2D eigenvalue weighted by atomic mass is 10.0. The highest BCUT2D eigenvalue weighted by molar-refractivity contribution is 14.1. The summed E-state index contributed by atoms with van der Waals surface area (Å²) >= 11 is 1.95. The van der Waals surface area contributed by atoms with Gasteiger partial charge in [0.15, 0.2) is 5.43 Å². The van der Waals surface area contributed by atoms with Crippen molar-refractivity contribution in [2.45, 2.75) is 31.6 Å². The first kappa shape index (κ1) is 12.1. The molecule has 0 unspecified atom stereocenters. The van der Waals surface area contributed by atoms with Crippen molar-refractivity contribution in [2.24, 2.45) is 0 Å². The van der Waals surface area contributed by atoms with E-state index in [0.29, 0.717) is 20.4 Å². The normalized spacial score (nSPS) is 16.6. The molecule has 0 amide bonds. The van der Waals surface area contributed by atoms with Crippen LogP contribution in [0.5, 0.6) is 0 Å². The van der Waals surface area contributed by atoms with E-state index in [2.05, 4.69) is 4.98 Å². The average molecular weight is 357 g/mol. The van der Waals surface area contributed by atoms with E-state index in [0.717, 1.165) is 18.5 Å². The van der Waals surface area contributed by atoms with Crippen molar-refractivity contribution in [3.8, 4) is 0 Å². The molecule has 2 aromatic rings. The number of hydrogen-bond donors (Lipinski definition) is 1. The summed E-state index contributed by atoms with van der Waals surface area (Å²) in [4.78, 5) is 15.3. The summed E-state index contributed by atoms with van der Waals surface area (Å²) in [6.07, 6.45) is 4.66. The molecule has 1 aromatic carbocycles. The van der Waals surface area contributed by atoms with Crippen LogP contribution in [0.15, 0.2) is 23.0 Å². The second-order valence-corrected chi connectivity index (χ2v) is 5.93. The molecule has 1 aromatic heterocycles. The number of fused-ring (bicyclic) bond motifs is 1. The zero-order valence-electron chi connectivity index (χ0n) is 9.80. The number of nitrogens with one attached hydrogen (secondary N) is 1. The first-order valence-corrected chi connectivity index (χ1v) is 7.25. The third-order valence-electron chi connectivity index (χ3n) is 3.71. The van der Waals surface area contributed by atoms with Crippen LogP contribution in [0.3, 0.4) is 0 Å². The number of hydrogen-bond acceptors (Lipinski definition) is 1. The summed E-state index contributed by atoms with van der Waals surface area (Å²) in [7, 11) is 0. The van der Waals surface area contributed by atoms with Gasteiger partial charge in [0.25, 0.3) is 0 Å². The number of benzene rings is 1. The highest BCUT2D eigenvalue weighted by Gasteiger charge is 2.19. The van der Waals surface area contributed by atoms with Gasteiger partial charge in [-0.25, -0.2) is 4.39 Å². The van der Waals surface area contributed by atoms with Crippen LogP contribution in [0.4, 0.5) is 4.39 Å².